The minimum atomic E-state index is 0.252. The molecule has 0 unspecified atom stereocenters. The average molecular weight is 274 g/mol. The first kappa shape index (κ1) is 13.0. The summed E-state index contributed by atoms with van der Waals surface area (Å²) < 4.78 is 5.36. The second-order valence-electron chi connectivity index (χ2n) is 5.30. The lowest BCUT2D eigenvalue weighted by Gasteiger charge is -2.06. The van der Waals surface area contributed by atoms with Gasteiger partial charge in [0.2, 0.25) is 5.95 Å². The number of ether oxygens (including phenoxy) is 1. The quantitative estimate of drug-likeness (QED) is 0.878. The lowest BCUT2D eigenvalue weighted by Crippen LogP contribution is -2.03. The van der Waals surface area contributed by atoms with Crippen molar-refractivity contribution in [2.45, 2.75) is 32.1 Å². The Kier molecular flexibility index (Phi) is 3.35. The lowest BCUT2D eigenvalue weighted by atomic mass is 10.1. The fourth-order valence-electron chi connectivity index (χ4n) is 2.22. The van der Waals surface area contributed by atoms with Gasteiger partial charge in [0.05, 0.1) is 6.61 Å². The number of nitrogen functional groups attached to an aromatic ring is 1. The maximum atomic E-state index is 5.76. The molecule has 0 aliphatic carbocycles. The molecule has 7 heteroatoms. The predicted molar refractivity (Wildman–Crippen MR) is 74.1 cm³/mol. The Balaban J connectivity index is 1.92. The SMILES string of the molecule is CC(C)c1cc(-c2n[nH]c([C@H]3CCOC3)n2)nc(N)n1. The van der Waals surface area contributed by atoms with E-state index in [1.165, 1.54) is 0 Å². The number of H-pyrrole nitrogens is 1. The third kappa shape index (κ3) is 2.49. The molecule has 1 saturated heterocycles. The van der Waals surface area contributed by atoms with Crippen molar-refractivity contribution in [1.29, 1.82) is 0 Å². The second kappa shape index (κ2) is 5.16. The van der Waals surface area contributed by atoms with Crippen LogP contribution in [0.15, 0.2) is 6.07 Å². The number of anilines is 1. The molecular formula is C13H18N6O. The van der Waals surface area contributed by atoms with E-state index in [0.29, 0.717) is 24.0 Å². The molecule has 7 nitrogen and oxygen atoms in total. The highest BCUT2D eigenvalue weighted by molar-refractivity contribution is 5.51. The standard InChI is InChI=1S/C13H18N6O/c1-7(2)9-5-10(16-13(14)15-9)12-17-11(18-19-12)8-3-4-20-6-8/h5,7-8H,3-4,6H2,1-2H3,(H2,14,15,16)(H,17,18,19)/t8-/m0/s1. The number of aromatic amines is 1. The lowest BCUT2D eigenvalue weighted by molar-refractivity contribution is 0.193. The summed E-state index contributed by atoms with van der Waals surface area (Å²) in [5.74, 6) is 2.23. The Bertz CT molecular complexity index is 603. The van der Waals surface area contributed by atoms with Gasteiger partial charge in [-0.15, -0.1) is 0 Å². The van der Waals surface area contributed by atoms with E-state index >= 15 is 0 Å². The van der Waals surface area contributed by atoms with Crippen LogP contribution in [0.25, 0.3) is 11.5 Å². The van der Waals surface area contributed by atoms with Gasteiger partial charge in [-0.3, -0.25) is 5.10 Å². The molecule has 0 saturated carbocycles. The number of hydrogen-bond acceptors (Lipinski definition) is 6. The van der Waals surface area contributed by atoms with Gasteiger partial charge in [-0.25, -0.2) is 15.0 Å². The minimum Gasteiger partial charge on any atom is -0.381 e. The molecule has 0 radical (unpaired) electrons. The molecule has 1 atom stereocenters. The van der Waals surface area contributed by atoms with Crippen LogP contribution in [0, 0.1) is 0 Å². The number of aromatic nitrogens is 5. The highest BCUT2D eigenvalue weighted by atomic mass is 16.5. The summed E-state index contributed by atoms with van der Waals surface area (Å²) >= 11 is 0. The van der Waals surface area contributed by atoms with Crippen molar-refractivity contribution in [2.24, 2.45) is 0 Å². The smallest absolute Gasteiger partial charge is 0.220 e. The molecule has 3 rings (SSSR count). The number of hydrogen-bond donors (Lipinski definition) is 2. The molecule has 3 N–H and O–H groups in total. The Morgan fingerprint density at radius 1 is 1.35 bits per heavy atom. The van der Waals surface area contributed by atoms with Crippen molar-refractivity contribution in [3.63, 3.8) is 0 Å². The Morgan fingerprint density at radius 3 is 2.90 bits per heavy atom. The van der Waals surface area contributed by atoms with Crippen molar-refractivity contribution < 1.29 is 4.74 Å². The van der Waals surface area contributed by atoms with E-state index in [9.17, 15) is 0 Å². The van der Waals surface area contributed by atoms with E-state index in [2.05, 4.69) is 39.0 Å². The zero-order valence-electron chi connectivity index (χ0n) is 11.6. The molecule has 20 heavy (non-hydrogen) atoms. The molecular weight excluding hydrogens is 256 g/mol. The molecule has 0 aromatic carbocycles. The van der Waals surface area contributed by atoms with E-state index in [-0.39, 0.29) is 11.9 Å². The molecule has 1 aliphatic rings. The van der Waals surface area contributed by atoms with Gasteiger partial charge in [0.15, 0.2) is 5.82 Å². The van der Waals surface area contributed by atoms with Crippen molar-refractivity contribution in [1.82, 2.24) is 25.1 Å². The fourth-order valence-corrected chi connectivity index (χ4v) is 2.22. The summed E-state index contributed by atoms with van der Waals surface area (Å²) in [6.07, 6.45) is 0.970. The molecule has 0 amide bonds. The summed E-state index contributed by atoms with van der Waals surface area (Å²) in [5, 5.41) is 7.21. The van der Waals surface area contributed by atoms with Gasteiger partial charge in [0.25, 0.3) is 0 Å². The summed E-state index contributed by atoms with van der Waals surface area (Å²) in [7, 11) is 0. The van der Waals surface area contributed by atoms with Gasteiger partial charge in [-0.05, 0) is 18.4 Å². The highest BCUT2D eigenvalue weighted by Gasteiger charge is 2.22. The van der Waals surface area contributed by atoms with Gasteiger partial charge in [-0.2, -0.15) is 5.10 Å². The fraction of sp³-hybridized carbons (Fsp3) is 0.538. The summed E-state index contributed by atoms with van der Waals surface area (Å²) in [6.45, 7) is 5.59. The van der Waals surface area contributed by atoms with Gasteiger partial charge < -0.3 is 10.5 Å². The first-order chi connectivity index (χ1) is 9.63. The zero-order chi connectivity index (χ0) is 14.1. The van der Waals surface area contributed by atoms with Crippen molar-refractivity contribution in [3.05, 3.63) is 17.6 Å². The summed E-state index contributed by atoms with van der Waals surface area (Å²) in [4.78, 5) is 13.0. The third-order valence-electron chi connectivity index (χ3n) is 3.40. The van der Waals surface area contributed by atoms with Crippen molar-refractivity contribution in [2.75, 3.05) is 18.9 Å². The van der Waals surface area contributed by atoms with Crippen LogP contribution in [0.5, 0.6) is 0 Å². The molecule has 3 heterocycles. The van der Waals surface area contributed by atoms with Crippen LogP contribution in [0.2, 0.25) is 0 Å². The van der Waals surface area contributed by atoms with Crippen LogP contribution in [0.4, 0.5) is 5.95 Å². The number of nitrogens with one attached hydrogen (secondary N) is 1. The van der Waals surface area contributed by atoms with Gasteiger partial charge in [0.1, 0.15) is 11.5 Å². The second-order valence-corrected chi connectivity index (χ2v) is 5.30. The maximum Gasteiger partial charge on any atom is 0.220 e. The van der Waals surface area contributed by atoms with Crippen molar-refractivity contribution in [3.8, 4) is 11.5 Å². The number of nitrogens with two attached hydrogens (primary N) is 1. The molecule has 2 aromatic heterocycles. The molecule has 0 spiro atoms. The zero-order valence-corrected chi connectivity index (χ0v) is 11.6. The van der Waals surface area contributed by atoms with E-state index in [1.54, 1.807) is 0 Å². The molecule has 1 fully saturated rings. The van der Waals surface area contributed by atoms with Crippen LogP contribution < -0.4 is 5.73 Å². The van der Waals surface area contributed by atoms with Gasteiger partial charge in [0, 0.05) is 18.2 Å². The van der Waals surface area contributed by atoms with E-state index in [0.717, 1.165) is 24.5 Å². The van der Waals surface area contributed by atoms with Crippen LogP contribution >= 0.6 is 0 Å². The first-order valence-corrected chi connectivity index (χ1v) is 6.78. The average Bonchev–Trinajstić information content (AvgIpc) is 3.09. The number of nitrogens with zero attached hydrogens (tertiary/aromatic N) is 4. The normalized spacial score (nSPS) is 18.9. The van der Waals surface area contributed by atoms with E-state index in [4.69, 9.17) is 10.5 Å². The predicted octanol–water partition coefficient (Wildman–Crippen LogP) is 1.47. The molecule has 0 bridgehead atoms. The Morgan fingerprint density at radius 2 is 2.20 bits per heavy atom. The highest BCUT2D eigenvalue weighted by Crippen LogP contribution is 2.24. The van der Waals surface area contributed by atoms with Crippen LogP contribution in [0.3, 0.4) is 0 Å². The van der Waals surface area contributed by atoms with Crippen LogP contribution in [-0.4, -0.2) is 38.4 Å². The molecule has 2 aromatic rings. The molecule has 106 valence electrons. The van der Waals surface area contributed by atoms with Gasteiger partial charge in [-0.1, -0.05) is 13.8 Å². The van der Waals surface area contributed by atoms with Crippen LogP contribution in [0.1, 0.15) is 43.6 Å². The van der Waals surface area contributed by atoms with Crippen molar-refractivity contribution >= 4 is 5.95 Å². The molecule has 1 aliphatic heterocycles. The summed E-state index contributed by atoms with van der Waals surface area (Å²) in [5.41, 5.74) is 7.30. The number of rotatable bonds is 3. The maximum absolute atomic E-state index is 5.76. The Labute approximate surface area is 117 Å². The monoisotopic (exact) mass is 274 g/mol. The topological polar surface area (TPSA) is 103 Å². The largest absolute Gasteiger partial charge is 0.381 e. The Hall–Kier alpha value is -2.02. The van der Waals surface area contributed by atoms with Crippen LogP contribution in [-0.2, 0) is 4.74 Å². The first-order valence-electron chi connectivity index (χ1n) is 6.78. The van der Waals surface area contributed by atoms with E-state index < -0.39 is 0 Å². The van der Waals surface area contributed by atoms with E-state index in [1.807, 2.05) is 6.07 Å². The minimum absolute atomic E-state index is 0.252. The third-order valence-corrected chi connectivity index (χ3v) is 3.40. The van der Waals surface area contributed by atoms with Gasteiger partial charge >= 0.3 is 0 Å². The summed E-state index contributed by atoms with van der Waals surface area (Å²) in [6, 6.07) is 1.89.